The summed E-state index contributed by atoms with van der Waals surface area (Å²) in [6, 6.07) is 6.18. The molecule has 2 saturated heterocycles. The second kappa shape index (κ2) is 8.68. The van der Waals surface area contributed by atoms with Crippen molar-refractivity contribution < 1.29 is 13.2 Å². The maximum absolute atomic E-state index is 12.7. The highest BCUT2D eigenvalue weighted by atomic mass is 35.5. The third-order valence-electron chi connectivity index (χ3n) is 5.18. The van der Waals surface area contributed by atoms with Crippen LogP contribution in [0.25, 0.3) is 0 Å². The van der Waals surface area contributed by atoms with Crippen LogP contribution in [0.3, 0.4) is 0 Å². The molecule has 25 heavy (non-hydrogen) atoms. The molecule has 0 amide bonds. The molecule has 0 aliphatic carbocycles. The smallest absolute Gasteiger partial charge is 0.317 e. The number of benzene rings is 1. The predicted molar refractivity (Wildman–Crippen MR) is 94.6 cm³/mol. The van der Waals surface area contributed by atoms with Crippen LogP contribution in [0.2, 0.25) is 0 Å². The fourth-order valence-corrected chi connectivity index (χ4v) is 3.68. The van der Waals surface area contributed by atoms with Crippen LogP contribution in [0.4, 0.5) is 13.2 Å². The molecule has 3 N–H and O–H groups in total. The van der Waals surface area contributed by atoms with E-state index < -0.39 is 11.7 Å². The lowest BCUT2D eigenvalue weighted by Crippen LogP contribution is -2.43. The number of rotatable bonds is 4. The van der Waals surface area contributed by atoms with E-state index in [1.54, 1.807) is 12.1 Å². The summed E-state index contributed by atoms with van der Waals surface area (Å²) in [7, 11) is 2.01. The van der Waals surface area contributed by atoms with Gasteiger partial charge in [-0.2, -0.15) is 13.2 Å². The monoisotopic (exact) mass is 378 g/mol. The van der Waals surface area contributed by atoms with Gasteiger partial charge in [-0.25, -0.2) is 5.43 Å². The van der Waals surface area contributed by atoms with Gasteiger partial charge in [0.15, 0.2) is 0 Å². The van der Waals surface area contributed by atoms with Crippen LogP contribution >= 0.6 is 12.4 Å². The van der Waals surface area contributed by atoms with Gasteiger partial charge in [-0.15, -0.1) is 12.4 Å². The van der Waals surface area contributed by atoms with Crippen molar-refractivity contribution in [3.8, 4) is 0 Å². The summed E-state index contributed by atoms with van der Waals surface area (Å²) in [5, 5.41) is 3.33. The second-order valence-corrected chi connectivity index (χ2v) is 6.75. The zero-order valence-electron chi connectivity index (χ0n) is 14.3. The number of nitrogens with zero attached hydrogens (tertiary/aromatic N) is 1. The van der Waals surface area contributed by atoms with Crippen LogP contribution < -0.4 is 16.2 Å². The van der Waals surface area contributed by atoms with Crippen molar-refractivity contribution in [2.45, 2.75) is 31.1 Å². The molecule has 2 aliphatic heterocycles. The Morgan fingerprint density at radius 3 is 2.36 bits per heavy atom. The van der Waals surface area contributed by atoms with Crippen molar-refractivity contribution >= 4 is 12.4 Å². The van der Waals surface area contributed by atoms with Gasteiger partial charge in [-0.3, -0.25) is 5.43 Å². The first kappa shape index (κ1) is 20.5. The summed E-state index contributed by atoms with van der Waals surface area (Å²) < 4.78 is 38.1. The van der Waals surface area contributed by atoms with Crippen molar-refractivity contribution in [2.24, 2.45) is 5.92 Å². The first-order chi connectivity index (χ1) is 11.5. The van der Waals surface area contributed by atoms with Gasteiger partial charge in [0.2, 0.25) is 0 Å². The molecule has 1 aromatic carbocycles. The summed E-state index contributed by atoms with van der Waals surface area (Å²) >= 11 is 0. The Bertz CT molecular complexity index is 530. The van der Waals surface area contributed by atoms with Crippen molar-refractivity contribution in [1.82, 2.24) is 21.1 Å². The highest BCUT2D eigenvalue weighted by Gasteiger charge is 2.33. The minimum Gasteiger partial charge on any atom is -0.317 e. The van der Waals surface area contributed by atoms with Crippen LogP contribution in [-0.2, 0) is 6.18 Å². The predicted octanol–water partition coefficient (Wildman–Crippen LogP) is 2.58. The molecule has 2 heterocycles. The third-order valence-corrected chi connectivity index (χ3v) is 5.18. The third kappa shape index (κ3) is 5.08. The summed E-state index contributed by atoms with van der Waals surface area (Å²) in [5.41, 5.74) is 6.70. The molecule has 0 radical (unpaired) electrons. The molecule has 2 aliphatic rings. The molecule has 0 saturated carbocycles. The van der Waals surface area contributed by atoms with Crippen molar-refractivity contribution in [2.75, 3.05) is 33.2 Å². The number of hydrazine groups is 1. The fourth-order valence-electron chi connectivity index (χ4n) is 3.68. The van der Waals surface area contributed by atoms with E-state index in [4.69, 9.17) is 0 Å². The Morgan fingerprint density at radius 1 is 1.16 bits per heavy atom. The van der Waals surface area contributed by atoms with Gasteiger partial charge in [-0.05, 0) is 50.7 Å². The first-order valence-corrected chi connectivity index (χ1v) is 8.52. The van der Waals surface area contributed by atoms with E-state index in [1.807, 2.05) is 7.05 Å². The highest BCUT2D eigenvalue weighted by molar-refractivity contribution is 5.85. The summed E-state index contributed by atoms with van der Waals surface area (Å²) in [6.07, 6.45) is -1.99. The Morgan fingerprint density at radius 2 is 1.80 bits per heavy atom. The molecule has 4 nitrogen and oxygen atoms in total. The SMILES string of the molecule is CNC1CCN(CC2CNNC2c2ccc(C(F)(F)F)cc2)CC1.Cl. The summed E-state index contributed by atoms with van der Waals surface area (Å²) in [5.74, 6) is 0.355. The maximum atomic E-state index is 12.7. The van der Waals surface area contributed by atoms with Crippen LogP contribution in [0.1, 0.15) is 30.0 Å². The molecule has 0 aromatic heterocycles. The quantitative estimate of drug-likeness (QED) is 0.753. The molecule has 142 valence electrons. The molecule has 0 spiro atoms. The van der Waals surface area contributed by atoms with E-state index in [0.717, 1.165) is 44.6 Å². The fraction of sp³-hybridized carbons (Fsp3) is 0.647. The molecular weight excluding hydrogens is 353 g/mol. The van der Waals surface area contributed by atoms with Gasteiger partial charge < -0.3 is 10.2 Å². The maximum Gasteiger partial charge on any atom is 0.416 e. The number of likely N-dealkylation sites (tertiary alicyclic amines) is 1. The van der Waals surface area contributed by atoms with Gasteiger partial charge in [0.1, 0.15) is 0 Å². The first-order valence-electron chi connectivity index (χ1n) is 8.52. The number of alkyl halides is 3. The lowest BCUT2D eigenvalue weighted by atomic mass is 9.93. The van der Waals surface area contributed by atoms with Gasteiger partial charge in [-0.1, -0.05) is 12.1 Å². The molecular formula is C17H26ClF3N4. The number of halogens is 4. The average Bonchev–Trinajstić information content (AvgIpc) is 3.03. The summed E-state index contributed by atoms with van der Waals surface area (Å²) in [6.45, 7) is 3.93. The summed E-state index contributed by atoms with van der Waals surface area (Å²) in [4.78, 5) is 2.46. The van der Waals surface area contributed by atoms with Gasteiger partial charge >= 0.3 is 6.18 Å². The van der Waals surface area contributed by atoms with Crippen molar-refractivity contribution in [3.05, 3.63) is 35.4 Å². The van der Waals surface area contributed by atoms with E-state index in [2.05, 4.69) is 21.1 Å². The standard InChI is InChI=1S/C17H25F3N4.ClH/c1-21-15-6-8-24(9-7-15)11-13-10-22-23-16(13)12-2-4-14(5-3-12)17(18,19)20;/h2-5,13,15-16,21-23H,6-11H2,1H3;1H. The Kier molecular flexibility index (Phi) is 7.10. The lowest BCUT2D eigenvalue weighted by Gasteiger charge is -2.34. The second-order valence-electron chi connectivity index (χ2n) is 6.75. The molecule has 3 rings (SSSR count). The van der Waals surface area contributed by atoms with E-state index in [-0.39, 0.29) is 18.4 Å². The van der Waals surface area contributed by atoms with Crippen LogP contribution in [-0.4, -0.2) is 44.2 Å². The molecule has 1 aromatic rings. The average molecular weight is 379 g/mol. The number of piperidine rings is 1. The molecule has 2 atom stereocenters. The zero-order valence-corrected chi connectivity index (χ0v) is 15.1. The Hall–Kier alpha value is -0.860. The van der Waals surface area contributed by atoms with Gasteiger partial charge in [0.25, 0.3) is 0 Å². The lowest BCUT2D eigenvalue weighted by molar-refractivity contribution is -0.137. The van der Waals surface area contributed by atoms with Gasteiger partial charge in [0.05, 0.1) is 11.6 Å². The highest BCUT2D eigenvalue weighted by Crippen LogP contribution is 2.32. The topological polar surface area (TPSA) is 39.3 Å². The number of hydrogen-bond donors (Lipinski definition) is 3. The van der Waals surface area contributed by atoms with Crippen LogP contribution in [0.5, 0.6) is 0 Å². The largest absolute Gasteiger partial charge is 0.416 e. The van der Waals surface area contributed by atoms with Crippen LogP contribution in [0, 0.1) is 5.92 Å². The van der Waals surface area contributed by atoms with E-state index in [9.17, 15) is 13.2 Å². The van der Waals surface area contributed by atoms with E-state index in [1.165, 1.54) is 12.1 Å². The number of nitrogens with one attached hydrogen (secondary N) is 3. The minimum absolute atomic E-state index is 0. The van der Waals surface area contributed by atoms with Gasteiger partial charge in [0, 0.05) is 25.0 Å². The molecule has 2 unspecified atom stereocenters. The zero-order chi connectivity index (χ0) is 17.2. The van der Waals surface area contributed by atoms with E-state index in [0.29, 0.717) is 12.0 Å². The Labute approximate surface area is 152 Å². The normalized spacial score (nSPS) is 25.8. The van der Waals surface area contributed by atoms with Crippen molar-refractivity contribution in [1.29, 1.82) is 0 Å². The van der Waals surface area contributed by atoms with E-state index >= 15 is 0 Å². The molecule has 2 fully saturated rings. The minimum atomic E-state index is -4.28. The van der Waals surface area contributed by atoms with Crippen molar-refractivity contribution in [3.63, 3.8) is 0 Å². The molecule has 0 bridgehead atoms. The number of hydrogen-bond acceptors (Lipinski definition) is 4. The Balaban J connectivity index is 0.00000225. The molecule has 8 heteroatoms. The van der Waals surface area contributed by atoms with Crippen LogP contribution in [0.15, 0.2) is 24.3 Å².